The summed E-state index contributed by atoms with van der Waals surface area (Å²) in [5.74, 6) is -0.516. The molecule has 0 spiro atoms. The maximum atomic E-state index is 12.6. The summed E-state index contributed by atoms with van der Waals surface area (Å²) in [7, 11) is 1.35. The van der Waals surface area contributed by atoms with Crippen molar-refractivity contribution >= 4 is 23.5 Å². The number of carbonyl (C=O) groups excluding carboxylic acids is 2. The Hall–Kier alpha value is -1.55. The number of halogens is 1. The molecule has 108 valence electrons. The number of benzene rings is 1. The minimum Gasteiger partial charge on any atom is -0.467 e. The molecule has 20 heavy (non-hydrogen) atoms. The van der Waals surface area contributed by atoms with Gasteiger partial charge in [0.15, 0.2) is 0 Å². The lowest BCUT2D eigenvalue weighted by Gasteiger charge is -2.33. The van der Waals surface area contributed by atoms with Gasteiger partial charge >= 0.3 is 5.97 Å². The van der Waals surface area contributed by atoms with Crippen molar-refractivity contribution in [1.29, 1.82) is 0 Å². The standard InChI is InChI=1S/C15H18ClNO3/c1-10-6-7-11(9-12(10)16)14(18)17-8-4-3-5-13(17)15(19)20-2/h6-7,9,13H,3-5,8H2,1-2H3. The quantitative estimate of drug-likeness (QED) is 0.788. The smallest absolute Gasteiger partial charge is 0.328 e. The van der Waals surface area contributed by atoms with Gasteiger partial charge in [0.05, 0.1) is 7.11 Å². The van der Waals surface area contributed by atoms with Crippen LogP contribution in [0, 0.1) is 6.92 Å². The van der Waals surface area contributed by atoms with Gasteiger partial charge in [-0.1, -0.05) is 17.7 Å². The van der Waals surface area contributed by atoms with Gasteiger partial charge in [0.25, 0.3) is 5.91 Å². The van der Waals surface area contributed by atoms with Crippen LogP contribution in [0.4, 0.5) is 0 Å². The molecule has 0 radical (unpaired) electrons. The van der Waals surface area contributed by atoms with Gasteiger partial charge in [-0.3, -0.25) is 4.79 Å². The third-order valence-corrected chi connectivity index (χ3v) is 4.06. The second kappa shape index (κ2) is 6.27. The average Bonchev–Trinajstić information content (AvgIpc) is 2.48. The predicted molar refractivity (Wildman–Crippen MR) is 76.9 cm³/mol. The highest BCUT2D eigenvalue weighted by molar-refractivity contribution is 6.31. The molecule has 1 aliphatic rings. The van der Waals surface area contributed by atoms with E-state index in [-0.39, 0.29) is 11.9 Å². The second-order valence-electron chi connectivity index (χ2n) is 5.00. The molecule has 0 saturated carbocycles. The second-order valence-corrected chi connectivity index (χ2v) is 5.40. The highest BCUT2D eigenvalue weighted by atomic mass is 35.5. The Kier molecular flexibility index (Phi) is 4.65. The molecule has 0 bridgehead atoms. The molecule has 1 aromatic rings. The molecule has 5 heteroatoms. The predicted octanol–water partition coefficient (Wildman–Crippen LogP) is 2.82. The first-order valence-electron chi connectivity index (χ1n) is 6.69. The number of likely N-dealkylation sites (tertiary alicyclic amines) is 1. The molecule has 1 aliphatic heterocycles. The highest BCUT2D eigenvalue weighted by Gasteiger charge is 2.33. The molecule has 0 aromatic heterocycles. The van der Waals surface area contributed by atoms with Crippen LogP contribution in [0.3, 0.4) is 0 Å². The number of hydrogen-bond donors (Lipinski definition) is 0. The van der Waals surface area contributed by atoms with E-state index in [4.69, 9.17) is 16.3 Å². The normalized spacial score (nSPS) is 18.8. The van der Waals surface area contributed by atoms with Crippen LogP contribution in [-0.4, -0.2) is 36.5 Å². The lowest BCUT2D eigenvalue weighted by Crippen LogP contribution is -2.48. The minimum absolute atomic E-state index is 0.165. The Labute approximate surface area is 123 Å². The van der Waals surface area contributed by atoms with Crippen molar-refractivity contribution in [1.82, 2.24) is 4.90 Å². The number of piperidine rings is 1. The maximum absolute atomic E-state index is 12.6. The van der Waals surface area contributed by atoms with Gasteiger partial charge in [-0.2, -0.15) is 0 Å². The molecule has 1 heterocycles. The van der Waals surface area contributed by atoms with Crippen molar-refractivity contribution in [3.8, 4) is 0 Å². The molecule has 1 fully saturated rings. The zero-order chi connectivity index (χ0) is 14.7. The number of aryl methyl sites for hydroxylation is 1. The monoisotopic (exact) mass is 295 g/mol. The molecule has 0 aliphatic carbocycles. The number of methoxy groups -OCH3 is 1. The largest absolute Gasteiger partial charge is 0.467 e. The van der Waals surface area contributed by atoms with E-state index in [1.807, 2.05) is 13.0 Å². The van der Waals surface area contributed by atoms with E-state index >= 15 is 0 Å². The van der Waals surface area contributed by atoms with Gasteiger partial charge in [0.1, 0.15) is 6.04 Å². The van der Waals surface area contributed by atoms with Gasteiger partial charge < -0.3 is 9.64 Å². The summed E-state index contributed by atoms with van der Waals surface area (Å²) in [4.78, 5) is 25.9. The van der Waals surface area contributed by atoms with E-state index in [2.05, 4.69) is 0 Å². The van der Waals surface area contributed by atoms with Gasteiger partial charge in [-0.05, 0) is 43.9 Å². The van der Waals surface area contributed by atoms with Gasteiger partial charge in [-0.15, -0.1) is 0 Å². The number of rotatable bonds is 2. The van der Waals surface area contributed by atoms with E-state index in [9.17, 15) is 9.59 Å². The van der Waals surface area contributed by atoms with Crippen LogP contribution in [0.1, 0.15) is 35.2 Å². The maximum Gasteiger partial charge on any atom is 0.328 e. The summed E-state index contributed by atoms with van der Waals surface area (Å²) in [5, 5.41) is 0.558. The van der Waals surface area contributed by atoms with E-state index in [0.717, 1.165) is 18.4 Å². The Balaban J connectivity index is 2.25. The first-order chi connectivity index (χ1) is 9.54. The Bertz CT molecular complexity index is 530. The molecule has 1 unspecified atom stereocenters. The first kappa shape index (κ1) is 14.9. The van der Waals surface area contributed by atoms with Crippen molar-refractivity contribution in [3.63, 3.8) is 0 Å². The summed E-state index contributed by atoms with van der Waals surface area (Å²) in [6, 6.07) is 4.72. The third kappa shape index (κ3) is 2.96. The van der Waals surface area contributed by atoms with Crippen LogP contribution in [0.5, 0.6) is 0 Å². The van der Waals surface area contributed by atoms with Gasteiger partial charge in [0, 0.05) is 17.1 Å². The zero-order valence-electron chi connectivity index (χ0n) is 11.7. The highest BCUT2D eigenvalue weighted by Crippen LogP contribution is 2.23. The molecular weight excluding hydrogens is 278 g/mol. The number of carbonyl (C=O) groups is 2. The molecular formula is C15H18ClNO3. The van der Waals surface area contributed by atoms with Gasteiger partial charge in [0.2, 0.25) is 0 Å². The fourth-order valence-electron chi connectivity index (χ4n) is 2.45. The SMILES string of the molecule is COC(=O)C1CCCCN1C(=O)c1ccc(C)c(Cl)c1. The number of ether oxygens (including phenoxy) is 1. The van der Waals surface area contributed by atoms with Crippen LogP contribution >= 0.6 is 11.6 Å². The van der Waals surface area contributed by atoms with Crippen LogP contribution in [0.25, 0.3) is 0 Å². The fourth-order valence-corrected chi connectivity index (χ4v) is 2.63. The average molecular weight is 296 g/mol. The van der Waals surface area contributed by atoms with Crippen molar-refractivity contribution in [3.05, 3.63) is 34.3 Å². The van der Waals surface area contributed by atoms with Crippen molar-refractivity contribution in [2.45, 2.75) is 32.2 Å². The summed E-state index contributed by atoms with van der Waals surface area (Å²) in [5.41, 5.74) is 1.43. The van der Waals surface area contributed by atoms with Crippen LogP contribution in [0.15, 0.2) is 18.2 Å². The molecule has 1 saturated heterocycles. The van der Waals surface area contributed by atoms with E-state index < -0.39 is 6.04 Å². The van der Waals surface area contributed by atoms with Crippen LogP contribution < -0.4 is 0 Å². The van der Waals surface area contributed by atoms with E-state index in [0.29, 0.717) is 23.6 Å². The molecule has 4 nitrogen and oxygen atoms in total. The first-order valence-corrected chi connectivity index (χ1v) is 7.07. The lowest BCUT2D eigenvalue weighted by atomic mass is 10.0. The third-order valence-electron chi connectivity index (χ3n) is 3.66. The summed E-state index contributed by atoms with van der Waals surface area (Å²) >= 11 is 6.06. The molecule has 2 rings (SSSR count). The number of esters is 1. The van der Waals surface area contributed by atoms with Crippen molar-refractivity contribution in [2.24, 2.45) is 0 Å². The molecule has 1 amide bonds. The summed E-state index contributed by atoms with van der Waals surface area (Å²) in [6.07, 6.45) is 2.48. The lowest BCUT2D eigenvalue weighted by molar-refractivity contribution is -0.147. The molecule has 1 aromatic carbocycles. The van der Waals surface area contributed by atoms with E-state index in [1.165, 1.54) is 7.11 Å². The zero-order valence-corrected chi connectivity index (χ0v) is 12.4. The van der Waals surface area contributed by atoms with Crippen LogP contribution in [0.2, 0.25) is 5.02 Å². The fraction of sp³-hybridized carbons (Fsp3) is 0.467. The van der Waals surface area contributed by atoms with Crippen molar-refractivity contribution < 1.29 is 14.3 Å². The van der Waals surface area contributed by atoms with Crippen molar-refractivity contribution in [2.75, 3.05) is 13.7 Å². The minimum atomic E-state index is -0.485. The topological polar surface area (TPSA) is 46.6 Å². The summed E-state index contributed by atoms with van der Waals surface area (Å²) < 4.78 is 4.79. The van der Waals surface area contributed by atoms with E-state index in [1.54, 1.807) is 17.0 Å². The number of nitrogens with zero attached hydrogens (tertiary/aromatic N) is 1. The Morgan fingerprint density at radius 1 is 1.35 bits per heavy atom. The molecule has 0 N–H and O–H groups in total. The molecule has 1 atom stereocenters. The van der Waals surface area contributed by atoms with Crippen LogP contribution in [-0.2, 0) is 9.53 Å². The number of amides is 1. The Morgan fingerprint density at radius 3 is 2.75 bits per heavy atom. The van der Waals surface area contributed by atoms with Gasteiger partial charge in [-0.25, -0.2) is 4.79 Å². The Morgan fingerprint density at radius 2 is 2.10 bits per heavy atom. The summed E-state index contributed by atoms with van der Waals surface area (Å²) in [6.45, 7) is 2.46. The number of hydrogen-bond acceptors (Lipinski definition) is 3.